The van der Waals surface area contributed by atoms with Crippen LogP contribution < -0.4 is 14.4 Å². The number of aryl methyl sites for hydroxylation is 1. The Labute approximate surface area is 168 Å². The highest BCUT2D eigenvalue weighted by molar-refractivity contribution is 7.90. The van der Waals surface area contributed by atoms with E-state index in [9.17, 15) is 13.2 Å². The van der Waals surface area contributed by atoms with Gasteiger partial charge in [0.1, 0.15) is 0 Å². The van der Waals surface area contributed by atoms with Crippen molar-refractivity contribution in [2.75, 3.05) is 30.9 Å². The summed E-state index contributed by atoms with van der Waals surface area (Å²) in [5, 5.41) is 0.340. The van der Waals surface area contributed by atoms with E-state index >= 15 is 0 Å². The molecule has 6 nitrogen and oxygen atoms in total. The van der Waals surface area contributed by atoms with Crippen LogP contribution in [0.3, 0.4) is 0 Å². The molecule has 148 valence electrons. The van der Waals surface area contributed by atoms with Crippen LogP contribution in [0.2, 0.25) is 5.02 Å². The third kappa shape index (κ3) is 3.56. The van der Waals surface area contributed by atoms with Gasteiger partial charge in [-0.25, -0.2) is 8.42 Å². The third-order valence-electron chi connectivity index (χ3n) is 4.89. The maximum atomic E-state index is 13.2. The number of hydrogen-bond acceptors (Lipinski definition) is 5. The molecule has 2 aliphatic heterocycles. The first-order valence-corrected chi connectivity index (χ1v) is 11.4. The Hall–Kier alpha value is -2.25. The lowest BCUT2D eigenvalue weighted by molar-refractivity contribution is 0.0984. The highest BCUT2D eigenvalue weighted by Gasteiger charge is 2.27. The second kappa shape index (κ2) is 7.29. The smallest absolute Gasteiger partial charge is 0.258 e. The lowest BCUT2D eigenvalue weighted by atomic mass is 10.0. The molecular formula is C20H20ClNO5S. The number of carbonyl (C=O) groups excluding carboxylic acids is 1. The molecule has 2 aliphatic rings. The molecule has 0 unspecified atom stereocenters. The predicted octanol–water partition coefficient (Wildman–Crippen LogP) is 3.50. The van der Waals surface area contributed by atoms with Crippen LogP contribution in [0.4, 0.5) is 5.69 Å². The molecule has 0 aromatic heterocycles. The fourth-order valence-corrected chi connectivity index (χ4v) is 4.46. The second-order valence-electron chi connectivity index (χ2n) is 6.96. The molecule has 0 atom stereocenters. The Bertz CT molecular complexity index is 1050. The highest BCUT2D eigenvalue weighted by atomic mass is 35.5. The van der Waals surface area contributed by atoms with E-state index < -0.39 is 9.84 Å². The van der Waals surface area contributed by atoms with Crippen LogP contribution in [0.25, 0.3) is 0 Å². The van der Waals surface area contributed by atoms with Crippen LogP contribution in [-0.2, 0) is 16.3 Å². The van der Waals surface area contributed by atoms with Gasteiger partial charge < -0.3 is 14.4 Å². The maximum absolute atomic E-state index is 13.2. The summed E-state index contributed by atoms with van der Waals surface area (Å²) < 4.78 is 35.0. The van der Waals surface area contributed by atoms with Crippen molar-refractivity contribution in [3.8, 4) is 11.5 Å². The van der Waals surface area contributed by atoms with Crippen molar-refractivity contribution in [3.63, 3.8) is 0 Å². The first-order valence-electron chi connectivity index (χ1n) is 9.08. The number of halogens is 1. The SMILES string of the molecule is CS(=O)(=O)c1ccc2c(c1)CCCN2C(=O)c1cc(Cl)c2c(c1)OCCCO2. The van der Waals surface area contributed by atoms with Gasteiger partial charge in [0.2, 0.25) is 0 Å². The van der Waals surface area contributed by atoms with Crippen molar-refractivity contribution >= 4 is 33.0 Å². The topological polar surface area (TPSA) is 72.9 Å². The van der Waals surface area contributed by atoms with E-state index in [0.29, 0.717) is 41.8 Å². The Kier molecular flexibility index (Phi) is 4.97. The van der Waals surface area contributed by atoms with Gasteiger partial charge in [-0.3, -0.25) is 4.79 Å². The molecular weight excluding hydrogens is 402 g/mol. The zero-order chi connectivity index (χ0) is 19.9. The molecule has 2 aromatic carbocycles. The predicted molar refractivity (Wildman–Crippen MR) is 107 cm³/mol. The van der Waals surface area contributed by atoms with E-state index in [1.165, 1.54) is 6.26 Å². The number of hydrogen-bond donors (Lipinski definition) is 0. The van der Waals surface area contributed by atoms with Crippen LogP contribution in [0.1, 0.15) is 28.8 Å². The quantitative estimate of drug-likeness (QED) is 0.742. The molecule has 4 rings (SSSR count). The summed E-state index contributed by atoms with van der Waals surface area (Å²) in [4.78, 5) is 15.2. The van der Waals surface area contributed by atoms with E-state index in [1.807, 2.05) is 0 Å². The summed E-state index contributed by atoms with van der Waals surface area (Å²) in [7, 11) is -3.30. The number of amides is 1. The van der Waals surface area contributed by atoms with Crippen LogP contribution in [-0.4, -0.2) is 40.3 Å². The van der Waals surface area contributed by atoms with Gasteiger partial charge in [0.25, 0.3) is 5.91 Å². The molecule has 0 saturated carbocycles. The van der Waals surface area contributed by atoms with E-state index in [1.54, 1.807) is 35.2 Å². The van der Waals surface area contributed by atoms with Crippen molar-refractivity contribution in [1.29, 1.82) is 0 Å². The van der Waals surface area contributed by atoms with Crippen molar-refractivity contribution in [1.82, 2.24) is 0 Å². The van der Waals surface area contributed by atoms with Gasteiger partial charge >= 0.3 is 0 Å². The summed E-state index contributed by atoms with van der Waals surface area (Å²) in [5.41, 5.74) is 1.99. The zero-order valence-corrected chi connectivity index (χ0v) is 17.0. The minimum atomic E-state index is -3.30. The van der Waals surface area contributed by atoms with Gasteiger partial charge in [-0.2, -0.15) is 0 Å². The van der Waals surface area contributed by atoms with Crippen LogP contribution in [0.5, 0.6) is 11.5 Å². The maximum Gasteiger partial charge on any atom is 0.258 e. The van der Waals surface area contributed by atoms with Gasteiger partial charge in [-0.05, 0) is 48.7 Å². The number of anilines is 1. The van der Waals surface area contributed by atoms with Gasteiger partial charge in [0, 0.05) is 30.5 Å². The minimum Gasteiger partial charge on any atom is -0.489 e. The first kappa shape index (κ1) is 19.1. The molecule has 8 heteroatoms. The van der Waals surface area contributed by atoms with Crippen LogP contribution in [0.15, 0.2) is 35.2 Å². The fourth-order valence-electron chi connectivity index (χ4n) is 3.53. The normalized spacial score (nSPS) is 16.3. The molecule has 0 aliphatic carbocycles. The number of carbonyl (C=O) groups is 1. The molecule has 0 spiro atoms. The van der Waals surface area contributed by atoms with Gasteiger partial charge in [-0.1, -0.05) is 11.6 Å². The Balaban J connectivity index is 1.71. The molecule has 0 fully saturated rings. The minimum absolute atomic E-state index is 0.203. The standard InChI is InChI=1S/C20H20ClNO5S/c1-28(24,25)15-5-6-17-13(10-15)4-2-7-22(17)20(23)14-11-16(21)19-18(12-14)26-8-3-9-27-19/h5-6,10-12H,2-4,7-9H2,1H3. The van der Waals surface area contributed by atoms with Gasteiger partial charge in [-0.15, -0.1) is 0 Å². The largest absolute Gasteiger partial charge is 0.489 e. The van der Waals surface area contributed by atoms with Crippen molar-refractivity contribution in [2.24, 2.45) is 0 Å². The molecule has 2 heterocycles. The Morgan fingerprint density at radius 2 is 1.89 bits per heavy atom. The summed E-state index contributed by atoms with van der Waals surface area (Å²) in [6.45, 7) is 1.57. The molecule has 0 saturated heterocycles. The van der Waals surface area contributed by atoms with Crippen molar-refractivity contribution in [2.45, 2.75) is 24.2 Å². The van der Waals surface area contributed by atoms with E-state index in [2.05, 4.69) is 0 Å². The van der Waals surface area contributed by atoms with Crippen LogP contribution >= 0.6 is 11.6 Å². The van der Waals surface area contributed by atoms with Gasteiger partial charge in [0.05, 0.1) is 23.1 Å². The summed E-state index contributed by atoms with van der Waals surface area (Å²) in [6.07, 6.45) is 3.41. The summed E-state index contributed by atoms with van der Waals surface area (Å²) in [5.74, 6) is 0.733. The fraction of sp³-hybridized carbons (Fsp3) is 0.350. The van der Waals surface area contributed by atoms with Crippen molar-refractivity contribution in [3.05, 3.63) is 46.5 Å². The Morgan fingerprint density at radius 1 is 1.11 bits per heavy atom. The number of ether oxygens (including phenoxy) is 2. The summed E-state index contributed by atoms with van der Waals surface area (Å²) >= 11 is 6.33. The average molecular weight is 422 g/mol. The number of fused-ring (bicyclic) bond motifs is 2. The third-order valence-corrected chi connectivity index (χ3v) is 6.28. The molecule has 2 aromatic rings. The number of rotatable bonds is 2. The monoisotopic (exact) mass is 421 g/mol. The summed E-state index contributed by atoms with van der Waals surface area (Å²) in [6, 6.07) is 8.16. The first-order chi connectivity index (χ1) is 13.3. The lowest BCUT2D eigenvalue weighted by Crippen LogP contribution is -2.35. The molecule has 0 radical (unpaired) electrons. The Morgan fingerprint density at radius 3 is 2.68 bits per heavy atom. The molecule has 0 N–H and O–H groups in total. The van der Waals surface area contributed by atoms with Crippen LogP contribution in [0, 0.1) is 0 Å². The van der Waals surface area contributed by atoms with E-state index in [-0.39, 0.29) is 10.8 Å². The number of benzene rings is 2. The van der Waals surface area contributed by atoms with Crippen molar-refractivity contribution < 1.29 is 22.7 Å². The van der Waals surface area contributed by atoms with E-state index in [0.717, 1.165) is 30.5 Å². The number of sulfone groups is 1. The number of nitrogens with zero attached hydrogens (tertiary/aromatic N) is 1. The molecule has 1 amide bonds. The average Bonchev–Trinajstić information content (AvgIpc) is 2.91. The second-order valence-corrected chi connectivity index (χ2v) is 9.38. The molecule has 28 heavy (non-hydrogen) atoms. The molecule has 0 bridgehead atoms. The van der Waals surface area contributed by atoms with Gasteiger partial charge in [0.15, 0.2) is 21.3 Å². The lowest BCUT2D eigenvalue weighted by Gasteiger charge is -2.30. The zero-order valence-electron chi connectivity index (χ0n) is 15.4. The van der Waals surface area contributed by atoms with E-state index in [4.69, 9.17) is 21.1 Å². The highest BCUT2D eigenvalue weighted by Crippen LogP contribution is 2.39.